The number of carbonyl (C=O) groups excluding carboxylic acids is 1. The second kappa shape index (κ2) is 11.1. The number of nitrogens with two attached hydrogens (primary N) is 1. The third-order valence-corrected chi connectivity index (χ3v) is 4.04. The molecule has 2 rings (SSSR count). The van der Waals surface area contributed by atoms with Crippen LogP contribution in [0, 0.1) is 10.1 Å². The molecule has 0 radical (unpaired) electrons. The minimum atomic E-state index is -0.402. The summed E-state index contributed by atoms with van der Waals surface area (Å²) in [5.74, 6) is 0.0287. The Morgan fingerprint density at radius 3 is 2.48 bits per heavy atom. The number of anilines is 1. The average molecular weight is 395 g/mol. The molecule has 1 unspecified atom stereocenters. The Morgan fingerprint density at radius 2 is 1.96 bits per heavy atom. The molecule has 0 bridgehead atoms. The van der Waals surface area contributed by atoms with E-state index >= 15 is 0 Å². The van der Waals surface area contributed by atoms with Crippen molar-refractivity contribution >= 4 is 42.1 Å². The molecule has 0 aliphatic carbocycles. The van der Waals surface area contributed by atoms with Gasteiger partial charge in [0.1, 0.15) is 0 Å². The van der Waals surface area contributed by atoms with Crippen LogP contribution in [-0.4, -0.2) is 61.7 Å². The zero-order valence-electron chi connectivity index (χ0n) is 14.0. The normalized spacial score (nSPS) is 15.0. The van der Waals surface area contributed by atoms with Crippen LogP contribution in [0.5, 0.6) is 0 Å². The average Bonchev–Trinajstić information content (AvgIpc) is 2.59. The number of rotatable bonds is 6. The zero-order chi connectivity index (χ0) is 16.8. The number of ether oxygens (including phenoxy) is 1. The van der Waals surface area contributed by atoms with Crippen molar-refractivity contribution in [2.45, 2.75) is 12.5 Å². The molecule has 1 fully saturated rings. The summed E-state index contributed by atoms with van der Waals surface area (Å²) in [5, 5.41) is 10.8. The fourth-order valence-electron chi connectivity index (χ4n) is 2.60. The summed E-state index contributed by atoms with van der Waals surface area (Å²) in [4.78, 5) is 26.5. The van der Waals surface area contributed by atoms with Crippen molar-refractivity contribution in [3.63, 3.8) is 0 Å². The maximum absolute atomic E-state index is 12.2. The van der Waals surface area contributed by atoms with Crippen LogP contribution in [0.15, 0.2) is 24.3 Å². The second-order valence-electron chi connectivity index (χ2n) is 5.44. The predicted octanol–water partition coefficient (Wildman–Crippen LogP) is 1.45. The third-order valence-electron chi connectivity index (χ3n) is 4.04. The van der Waals surface area contributed by atoms with Crippen molar-refractivity contribution < 1.29 is 14.5 Å². The molecule has 142 valence electrons. The van der Waals surface area contributed by atoms with Gasteiger partial charge in [0.05, 0.1) is 17.4 Å². The van der Waals surface area contributed by atoms with Gasteiger partial charge in [-0.25, -0.2) is 0 Å². The summed E-state index contributed by atoms with van der Waals surface area (Å²) in [6.07, 6.45) is 0.0291. The number of nitrogens with zero attached hydrogens (tertiary/aromatic N) is 3. The van der Waals surface area contributed by atoms with Gasteiger partial charge in [0.15, 0.2) is 0 Å². The molecule has 1 aliphatic heterocycles. The Bertz CT molecular complexity index is 564. The van der Waals surface area contributed by atoms with E-state index in [1.54, 1.807) is 24.1 Å². The molecular formula is C15H24Cl2N4O4. The van der Waals surface area contributed by atoms with Crippen molar-refractivity contribution in [2.75, 3.05) is 44.7 Å². The predicted molar refractivity (Wildman–Crippen MR) is 101 cm³/mol. The van der Waals surface area contributed by atoms with E-state index in [-0.39, 0.29) is 48.9 Å². The lowest BCUT2D eigenvalue weighted by molar-refractivity contribution is -0.384. The molecule has 1 atom stereocenters. The van der Waals surface area contributed by atoms with E-state index in [9.17, 15) is 14.9 Å². The molecule has 1 amide bonds. The Kier molecular flexibility index (Phi) is 10.4. The van der Waals surface area contributed by atoms with E-state index in [0.29, 0.717) is 32.7 Å². The molecule has 1 aromatic rings. The van der Waals surface area contributed by atoms with Gasteiger partial charge in [-0.3, -0.25) is 14.9 Å². The summed E-state index contributed by atoms with van der Waals surface area (Å²) in [6, 6.07) is 6.56. The number of nitro benzene ring substituents is 1. The number of hydrogen-bond acceptors (Lipinski definition) is 6. The van der Waals surface area contributed by atoms with Crippen molar-refractivity contribution in [1.29, 1.82) is 0 Å². The van der Waals surface area contributed by atoms with Crippen LogP contribution in [0.3, 0.4) is 0 Å². The molecule has 25 heavy (non-hydrogen) atoms. The molecule has 8 nitrogen and oxygen atoms in total. The summed E-state index contributed by atoms with van der Waals surface area (Å²) in [7, 11) is 1.55. The lowest BCUT2D eigenvalue weighted by Crippen LogP contribution is -2.49. The first-order valence-electron chi connectivity index (χ1n) is 7.55. The van der Waals surface area contributed by atoms with Gasteiger partial charge in [-0.15, -0.1) is 24.8 Å². The van der Waals surface area contributed by atoms with E-state index in [1.165, 1.54) is 6.07 Å². The molecule has 10 heteroatoms. The smallest absolute Gasteiger partial charge is 0.271 e. The number of hydrogen-bond donors (Lipinski definition) is 1. The maximum atomic E-state index is 12.2. The number of amides is 1. The Balaban J connectivity index is 0.00000288. The highest BCUT2D eigenvalue weighted by atomic mass is 35.5. The highest BCUT2D eigenvalue weighted by Crippen LogP contribution is 2.22. The lowest BCUT2D eigenvalue weighted by atomic mass is 10.2. The maximum Gasteiger partial charge on any atom is 0.271 e. The highest BCUT2D eigenvalue weighted by molar-refractivity contribution is 5.85. The van der Waals surface area contributed by atoms with Gasteiger partial charge >= 0.3 is 0 Å². The first-order valence-corrected chi connectivity index (χ1v) is 7.55. The van der Waals surface area contributed by atoms with Gasteiger partial charge in [0.2, 0.25) is 5.91 Å². The second-order valence-corrected chi connectivity index (χ2v) is 5.44. The lowest BCUT2D eigenvalue weighted by Gasteiger charge is -2.36. The van der Waals surface area contributed by atoms with Crippen LogP contribution >= 0.6 is 24.8 Å². The van der Waals surface area contributed by atoms with E-state index in [0.717, 1.165) is 5.69 Å². The Morgan fingerprint density at radius 1 is 1.32 bits per heavy atom. The van der Waals surface area contributed by atoms with Crippen molar-refractivity contribution in [1.82, 2.24) is 4.90 Å². The van der Waals surface area contributed by atoms with E-state index in [4.69, 9.17) is 10.5 Å². The quantitative estimate of drug-likeness (QED) is 0.578. The standard InChI is InChI=1S/C15H22N4O4.2ClH/c1-23-14(11-16)10-15(20)18-7-5-17(6-8-18)12-3-2-4-13(9-12)19(21)22;;/h2-4,9,14H,5-8,10-11,16H2,1H3;2*1H. The molecule has 0 saturated carbocycles. The SMILES string of the molecule is COC(CN)CC(=O)N1CCN(c2cccc([N+](=O)[O-])c2)CC1.Cl.Cl. The monoisotopic (exact) mass is 394 g/mol. The van der Waals surface area contributed by atoms with Crippen LogP contribution in [0.1, 0.15) is 6.42 Å². The highest BCUT2D eigenvalue weighted by Gasteiger charge is 2.23. The first kappa shape index (κ1) is 23.4. The number of methoxy groups -OCH3 is 1. The minimum absolute atomic E-state index is 0. The van der Waals surface area contributed by atoms with Crippen LogP contribution in [0.2, 0.25) is 0 Å². The van der Waals surface area contributed by atoms with Gasteiger partial charge in [0.25, 0.3) is 5.69 Å². The summed E-state index contributed by atoms with van der Waals surface area (Å²) >= 11 is 0. The minimum Gasteiger partial charge on any atom is -0.380 e. The van der Waals surface area contributed by atoms with Gasteiger partial charge in [0, 0.05) is 57.7 Å². The topological polar surface area (TPSA) is 102 Å². The Labute approximate surface area is 159 Å². The molecule has 1 aromatic carbocycles. The van der Waals surface area contributed by atoms with Crippen LogP contribution < -0.4 is 10.6 Å². The number of benzene rings is 1. The number of halogens is 2. The molecule has 1 saturated heterocycles. The number of non-ortho nitro benzene ring substituents is 1. The van der Waals surface area contributed by atoms with Gasteiger partial charge in [-0.1, -0.05) is 6.07 Å². The van der Waals surface area contributed by atoms with Crippen LogP contribution in [0.25, 0.3) is 0 Å². The largest absolute Gasteiger partial charge is 0.380 e. The molecule has 0 aromatic heterocycles. The van der Waals surface area contributed by atoms with Crippen molar-refractivity contribution in [3.8, 4) is 0 Å². The van der Waals surface area contributed by atoms with Crippen molar-refractivity contribution in [2.24, 2.45) is 5.73 Å². The van der Waals surface area contributed by atoms with Gasteiger partial charge in [-0.05, 0) is 6.07 Å². The molecule has 2 N–H and O–H groups in total. The first-order chi connectivity index (χ1) is 11.0. The number of nitro groups is 1. The van der Waals surface area contributed by atoms with Gasteiger partial charge < -0.3 is 20.3 Å². The summed E-state index contributed by atoms with van der Waals surface area (Å²) in [5.41, 5.74) is 6.42. The van der Waals surface area contributed by atoms with E-state index in [1.807, 2.05) is 11.0 Å². The number of carbonyl (C=O) groups is 1. The van der Waals surface area contributed by atoms with Crippen LogP contribution in [-0.2, 0) is 9.53 Å². The summed E-state index contributed by atoms with van der Waals surface area (Å²) < 4.78 is 5.14. The Hall–Kier alpha value is -1.61. The van der Waals surface area contributed by atoms with Gasteiger partial charge in [-0.2, -0.15) is 0 Å². The molecule has 1 heterocycles. The zero-order valence-corrected chi connectivity index (χ0v) is 15.6. The summed E-state index contributed by atoms with van der Waals surface area (Å²) in [6.45, 7) is 2.78. The van der Waals surface area contributed by atoms with E-state index < -0.39 is 4.92 Å². The molecule has 0 spiro atoms. The fraction of sp³-hybridized carbons (Fsp3) is 0.533. The number of piperazine rings is 1. The molecular weight excluding hydrogens is 371 g/mol. The van der Waals surface area contributed by atoms with E-state index in [2.05, 4.69) is 0 Å². The fourth-order valence-corrected chi connectivity index (χ4v) is 2.60. The van der Waals surface area contributed by atoms with Crippen molar-refractivity contribution in [3.05, 3.63) is 34.4 Å². The third kappa shape index (κ3) is 6.32. The van der Waals surface area contributed by atoms with Crippen LogP contribution in [0.4, 0.5) is 11.4 Å². The molecule has 1 aliphatic rings.